The lowest BCUT2D eigenvalue weighted by molar-refractivity contribution is 0.357. The average Bonchev–Trinajstić information content (AvgIpc) is 2.78. The third-order valence-corrected chi connectivity index (χ3v) is 4.00. The van der Waals surface area contributed by atoms with E-state index in [0.717, 1.165) is 24.3 Å². The number of nitrogens with one attached hydrogen (secondary N) is 1. The summed E-state index contributed by atoms with van der Waals surface area (Å²) in [7, 11) is 0. The number of rotatable bonds is 6. The fourth-order valence-electron chi connectivity index (χ4n) is 3.03. The van der Waals surface area contributed by atoms with Gasteiger partial charge in [0.05, 0.1) is 0 Å². The summed E-state index contributed by atoms with van der Waals surface area (Å²) in [5, 5.41) is 3.63. The monoisotopic (exact) mass is 246 g/mol. The van der Waals surface area contributed by atoms with Gasteiger partial charge in [-0.25, -0.2) is 0 Å². The molecule has 0 aliphatic heterocycles. The highest BCUT2D eigenvalue weighted by atomic mass is 14.9. The number of aromatic nitrogens is 1. The van der Waals surface area contributed by atoms with Crippen molar-refractivity contribution in [3.05, 3.63) is 30.1 Å². The molecule has 1 fully saturated rings. The van der Waals surface area contributed by atoms with Gasteiger partial charge in [-0.2, -0.15) is 0 Å². The Morgan fingerprint density at radius 3 is 2.89 bits per heavy atom. The largest absolute Gasteiger partial charge is 0.316 e. The summed E-state index contributed by atoms with van der Waals surface area (Å²) < 4.78 is 0. The molecular formula is C16H26N2. The van der Waals surface area contributed by atoms with E-state index in [2.05, 4.69) is 36.3 Å². The van der Waals surface area contributed by atoms with Gasteiger partial charge in [0.2, 0.25) is 0 Å². The van der Waals surface area contributed by atoms with Gasteiger partial charge in [-0.1, -0.05) is 26.3 Å². The van der Waals surface area contributed by atoms with Crippen molar-refractivity contribution in [2.75, 3.05) is 13.1 Å². The summed E-state index contributed by atoms with van der Waals surface area (Å²) in [6.45, 7) is 6.89. The van der Waals surface area contributed by atoms with Crippen molar-refractivity contribution in [2.24, 2.45) is 17.8 Å². The van der Waals surface area contributed by atoms with E-state index in [0.29, 0.717) is 0 Å². The minimum atomic E-state index is 0.753. The van der Waals surface area contributed by atoms with Gasteiger partial charge < -0.3 is 5.32 Å². The molecule has 18 heavy (non-hydrogen) atoms. The number of hydrogen-bond donors (Lipinski definition) is 1. The van der Waals surface area contributed by atoms with Crippen molar-refractivity contribution in [1.29, 1.82) is 0 Å². The molecule has 1 saturated carbocycles. The molecule has 2 heteroatoms. The van der Waals surface area contributed by atoms with Crippen LogP contribution in [0, 0.1) is 17.8 Å². The van der Waals surface area contributed by atoms with Crippen LogP contribution < -0.4 is 5.32 Å². The van der Waals surface area contributed by atoms with Gasteiger partial charge in [-0.3, -0.25) is 4.98 Å². The molecule has 2 atom stereocenters. The molecule has 0 saturated heterocycles. The molecule has 1 aliphatic carbocycles. The van der Waals surface area contributed by atoms with E-state index < -0.39 is 0 Å². The van der Waals surface area contributed by atoms with Crippen LogP contribution in [0.15, 0.2) is 24.5 Å². The van der Waals surface area contributed by atoms with Gasteiger partial charge in [0.15, 0.2) is 0 Å². The first-order valence-corrected chi connectivity index (χ1v) is 7.35. The second-order valence-corrected chi connectivity index (χ2v) is 6.07. The van der Waals surface area contributed by atoms with Crippen LogP contribution in [0.25, 0.3) is 0 Å². The molecule has 0 spiro atoms. The Balaban J connectivity index is 1.80. The molecule has 1 aromatic rings. The van der Waals surface area contributed by atoms with Crippen molar-refractivity contribution < 1.29 is 0 Å². The molecule has 0 bridgehead atoms. The zero-order chi connectivity index (χ0) is 12.8. The van der Waals surface area contributed by atoms with Crippen molar-refractivity contribution in [2.45, 2.75) is 39.5 Å². The fourth-order valence-corrected chi connectivity index (χ4v) is 3.03. The maximum Gasteiger partial charge on any atom is 0.0299 e. The van der Waals surface area contributed by atoms with E-state index in [4.69, 9.17) is 0 Å². The Labute approximate surface area is 111 Å². The Kier molecular flexibility index (Phi) is 5.18. The first kappa shape index (κ1) is 13.5. The molecule has 100 valence electrons. The molecule has 1 N–H and O–H groups in total. The second-order valence-electron chi connectivity index (χ2n) is 6.07. The lowest BCUT2D eigenvalue weighted by Crippen LogP contribution is -2.28. The molecule has 1 aliphatic rings. The summed E-state index contributed by atoms with van der Waals surface area (Å²) >= 11 is 0. The molecule has 0 radical (unpaired) electrons. The smallest absolute Gasteiger partial charge is 0.0299 e. The molecule has 1 heterocycles. The quantitative estimate of drug-likeness (QED) is 0.833. The zero-order valence-corrected chi connectivity index (χ0v) is 11.7. The van der Waals surface area contributed by atoms with E-state index in [1.165, 1.54) is 37.8 Å². The SMILES string of the molecule is CC(C)CNCC1CCCC1Cc1cccnc1. The van der Waals surface area contributed by atoms with E-state index in [-0.39, 0.29) is 0 Å². The van der Waals surface area contributed by atoms with Gasteiger partial charge in [-0.05, 0) is 61.7 Å². The normalized spacial score (nSPS) is 23.7. The van der Waals surface area contributed by atoms with Crippen molar-refractivity contribution in [3.8, 4) is 0 Å². The average molecular weight is 246 g/mol. The van der Waals surface area contributed by atoms with E-state index in [1.54, 1.807) is 0 Å². The minimum absolute atomic E-state index is 0.753. The Hall–Kier alpha value is -0.890. The van der Waals surface area contributed by atoms with Crippen molar-refractivity contribution >= 4 is 0 Å². The van der Waals surface area contributed by atoms with E-state index in [9.17, 15) is 0 Å². The minimum Gasteiger partial charge on any atom is -0.316 e. The fraction of sp³-hybridized carbons (Fsp3) is 0.688. The van der Waals surface area contributed by atoms with Crippen LogP contribution in [0.4, 0.5) is 0 Å². The van der Waals surface area contributed by atoms with E-state index >= 15 is 0 Å². The maximum absolute atomic E-state index is 4.22. The van der Waals surface area contributed by atoms with Gasteiger partial charge >= 0.3 is 0 Å². The molecule has 0 aromatic carbocycles. The molecule has 2 nitrogen and oxygen atoms in total. The lowest BCUT2D eigenvalue weighted by atomic mass is 9.90. The standard InChI is InChI=1S/C16H26N2/c1-13(2)10-18-12-16-7-3-6-15(16)9-14-5-4-8-17-11-14/h4-5,8,11,13,15-16,18H,3,6-7,9-10,12H2,1-2H3. The van der Waals surface area contributed by atoms with Crippen molar-refractivity contribution in [3.63, 3.8) is 0 Å². The topological polar surface area (TPSA) is 24.9 Å². The molecule has 0 amide bonds. The predicted octanol–water partition coefficient (Wildman–Crippen LogP) is 3.29. The molecule has 2 unspecified atom stereocenters. The van der Waals surface area contributed by atoms with Crippen LogP contribution in [0.3, 0.4) is 0 Å². The molecule has 2 rings (SSSR count). The summed E-state index contributed by atoms with van der Waals surface area (Å²) in [6, 6.07) is 4.26. The summed E-state index contributed by atoms with van der Waals surface area (Å²) in [5.74, 6) is 2.47. The van der Waals surface area contributed by atoms with Crippen LogP contribution in [-0.2, 0) is 6.42 Å². The second kappa shape index (κ2) is 6.89. The van der Waals surface area contributed by atoms with E-state index in [1.807, 2.05) is 12.4 Å². The van der Waals surface area contributed by atoms with Crippen LogP contribution in [0.1, 0.15) is 38.7 Å². The Morgan fingerprint density at radius 1 is 1.33 bits per heavy atom. The lowest BCUT2D eigenvalue weighted by Gasteiger charge is -2.20. The number of pyridine rings is 1. The van der Waals surface area contributed by atoms with Crippen molar-refractivity contribution in [1.82, 2.24) is 10.3 Å². The van der Waals surface area contributed by atoms with Gasteiger partial charge in [-0.15, -0.1) is 0 Å². The van der Waals surface area contributed by atoms with Gasteiger partial charge in [0.25, 0.3) is 0 Å². The first-order valence-electron chi connectivity index (χ1n) is 7.35. The van der Waals surface area contributed by atoms with Crippen LogP contribution in [0.2, 0.25) is 0 Å². The third-order valence-electron chi connectivity index (χ3n) is 4.00. The third kappa shape index (κ3) is 4.09. The molecule has 1 aromatic heterocycles. The number of nitrogens with zero attached hydrogens (tertiary/aromatic N) is 1. The zero-order valence-electron chi connectivity index (χ0n) is 11.7. The summed E-state index contributed by atoms with van der Waals surface area (Å²) in [5.41, 5.74) is 1.40. The van der Waals surface area contributed by atoms with Crippen LogP contribution in [-0.4, -0.2) is 18.1 Å². The maximum atomic E-state index is 4.22. The van der Waals surface area contributed by atoms with Gasteiger partial charge in [0.1, 0.15) is 0 Å². The highest BCUT2D eigenvalue weighted by Crippen LogP contribution is 2.33. The van der Waals surface area contributed by atoms with Crippen LogP contribution >= 0.6 is 0 Å². The Bertz CT molecular complexity index is 334. The predicted molar refractivity (Wildman–Crippen MR) is 76.5 cm³/mol. The highest BCUT2D eigenvalue weighted by Gasteiger charge is 2.26. The Morgan fingerprint density at radius 2 is 2.17 bits per heavy atom. The van der Waals surface area contributed by atoms with Gasteiger partial charge in [0, 0.05) is 12.4 Å². The first-order chi connectivity index (χ1) is 8.75. The molecular weight excluding hydrogens is 220 g/mol. The van der Waals surface area contributed by atoms with Crippen LogP contribution in [0.5, 0.6) is 0 Å². The number of hydrogen-bond acceptors (Lipinski definition) is 2. The highest BCUT2D eigenvalue weighted by molar-refractivity contribution is 5.10. The summed E-state index contributed by atoms with van der Waals surface area (Å²) in [4.78, 5) is 4.22. The summed E-state index contributed by atoms with van der Waals surface area (Å²) in [6.07, 6.45) is 9.29.